The van der Waals surface area contributed by atoms with Crippen LogP contribution in [0.3, 0.4) is 0 Å². The highest BCUT2D eigenvalue weighted by Gasteiger charge is 2.57. The zero-order chi connectivity index (χ0) is 42.3. The number of carbonyl (C=O) groups excluding carboxylic acids is 3. The van der Waals surface area contributed by atoms with Crippen molar-refractivity contribution in [1.29, 1.82) is 0 Å². The molecule has 2 aromatic heterocycles. The quantitative estimate of drug-likeness (QED) is 0.0333. The molecule has 10 rings (SSSR count). The molecule has 62 heavy (non-hydrogen) atoms. The number of piperidine rings is 2. The van der Waals surface area contributed by atoms with Crippen molar-refractivity contribution >= 4 is 46.4 Å². The smallest absolute Gasteiger partial charge is 0.407 e. The van der Waals surface area contributed by atoms with Crippen LogP contribution in [-0.2, 0) is 36.9 Å². The Morgan fingerprint density at radius 1 is 0.726 bits per heavy atom. The molecule has 6 aromatic rings. The number of rotatable bonds is 14. The molecule has 2 aliphatic carbocycles. The first-order valence-corrected chi connectivity index (χ1v) is 21.3. The Labute approximate surface area is 358 Å². The molecule has 4 aliphatic rings. The predicted octanol–water partition coefficient (Wildman–Crippen LogP) is 7.55. The fraction of sp³-hybridized carbons (Fsp3) is 0.333. The lowest BCUT2D eigenvalue weighted by atomic mass is 10.0. The Kier molecular flexibility index (Phi) is 10.5. The number of fused-ring (bicyclic) bond motifs is 4. The number of carbonyl (C=O) groups is 3. The highest BCUT2D eigenvalue weighted by molar-refractivity contribution is 5.88. The van der Waals surface area contributed by atoms with Crippen LogP contribution in [0.2, 0.25) is 0 Å². The number of aromatic amines is 2. The van der Waals surface area contributed by atoms with Crippen molar-refractivity contribution in [1.82, 2.24) is 35.1 Å². The molecule has 3 amide bonds. The Morgan fingerprint density at radius 2 is 1.26 bits per heavy atom. The normalized spacial score (nSPS) is 23.5. The van der Waals surface area contributed by atoms with Crippen molar-refractivity contribution in [3.63, 3.8) is 0 Å². The first kappa shape index (κ1) is 39.3. The lowest BCUT2D eigenvalue weighted by Gasteiger charge is -2.30. The molecule has 0 radical (unpaired) electrons. The van der Waals surface area contributed by atoms with Gasteiger partial charge in [-0.1, -0.05) is 84.9 Å². The SMILES string of the molecule is COOC=N[C@@H](C(=O)N1[C@@H]2C[C@@H]2C[C@H]1c1nc2ccc(C/C=C/Cc3ccc4nc([C@@H]5C[C@H]6C[C@H]6N5C(=O)[C@H](NC(=O)OC)c5ccccc5)[nH]c4c3)cc2[nH]1)c1ccccc1. The number of alkyl carbamates (subject to hydrolysis) is 1. The summed E-state index contributed by atoms with van der Waals surface area (Å²) in [5.74, 6) is 2.20. The van der Waals surface area contributed by atoms with Crippen molar-refractivity contribution in [3.8, 4) is 0 Å². The molecule has 0 bridgehead atoms. The topological polar surface area (TPSA) is 167 Å². The van der Waals surface area contributed by atoms with Crippen LogP contribution >= 0.6 is 0 Å². The number of methoxy groups -OCH3 is 1. The zero-order valence-corrected chi connectivity index (χ0v) is 34.5. The number of nitrogens with one attached hydrogen (secondary N) is 3. The van der Waals surface area contributed by atoms with Gasteiger partial charge in [0, 0.05) is 12.1 Å². The van der Waals surface area contributed by atoms with Gasteiger partial charge >= 0.3 is 6.09 Å². The molecule has 4 aromatic carbocycles. The first-order valence-electron chi connectivity index (χ1n) is 21.3. The van der Waals surface area contributed by atoms with Gasteiger partial charge in [-0.3, -0.25) is 9.59 Å². The highest BCUT2D eigenvalue weighted by Crippen LogP contribution is 2.55. The van der Waals surface area contributed by atoms with Gasteiger partial charge in [-0.2, -0.15) is 4.89 Å². The van der Waals surface area contributed by atoms with E-state index in [1.165, 1.54) is 20.6 Å². The molecule has 2 saturated heterocycles. The lowest BCUT2D eigenvalue weighted by molar-refractivity contribution is -0.188. The highest BCUT2D eigenvalue weighted by atomic mass is 17.2. The molecule has 2 saturated carbocycles. The summed E-state index contributed by atoms with van der Waals surface area (Å²) in [6.07, 6.45) is 10.0. The maximum absolute atomic E-state index is 14.2. The van der Waals surface area contributed by atoms with Crippen molar-refractivity contribution in [2.24, 2.45) is 16.8 Å². The number of imidazole rings is 2. The van der Waals surface area contributed by atoms with Crippen molar-refractivity contribution in [2.45, 2.75) is 74.8 Å². The third kappa shape index (κ3) is 7.70. The van der Waals surface area contributed by atoms with Crippen LogP contribution in [0.25, 0.3) is 22.1 Å². The number of likely N-dealkylation sites (tertiary alicyclic amines) is 2. The Morgan fingerprint density at radius 3 is 1.79 bits per heavy atom. The summed E-state index contributed by atoms with van der Waals surface area (Å²) in [7, 11) is 2.70. The number of aliphatic imine (C=N–C) groups is 1. The monoisotopic (exact) mass is 832 g/mol. The van der Waals surface area contributed by atoms with Gasteiger partial charge in [0.05, 0.1) is 48.4 Å². The molecule has 3 N–H and O–H groups in total. The number of benzene rings is 4. The maximum Gasteiger partial charge on any atom is 0.407 e. The average Bonchev–Trinajstić information content (AvgIpc) is 3.96. The van der Waals surface area contributed by atoms with Gasteiger partial charge < -0.3 is 34.7 Å². The van der Waals surface area contributed by atoms with Crippen LogP contribution in [0.4, 0.5) is 4.79 Å². The summed E-state index contributed by atoms with van der Waals surface area (Å²) in [5, 5.41) is 2.76. The van der Waals surface area contributed by atoms with E-state index < -0.39 is 18.2 Å². The van der Waals surface area contributed by atoms with Gasteiger partial charge in [-0.25, -0.2) is 19.8 Å². The number of H-pyrrole nitrogens is 2. The van der Waals surface area contributed by atoms with E-state index in [9.17, 15) is 14.4 Å². The van der Waals surface area contributed by atoms with E-state index in [-0.39, 0.29) is 36.0 Å². The Hall–Kier alpha value is -6.80. The largest absolute Gasteiger partial charge is 0.453 e. The molecule has 0 unspecified atom stereocenters. The summed E-state index contributed by atoms with van der Waals surface area (Å²) in [4.78, 5) is 75.7. The summed E-state index contributed by atoms with van der Waals surface area (Å²) in [6, 6.07) is 29.7. The first-order chi connectivity index (χ1) is 30.4. The van der Waals surface area contributed by atoms with Crippen molar-refractivity contribution in [2.75, 3.05) is 14.2 Å². The van der Waals surface area contributed by atoms with Crippen molar-refractivity contribution < 1.29 is 28.9 Å². The standard InChI is InChI=1S/C48H48N8O6/c1-60-48(59)54-43(31-15-7-4-8-16-31)47(58)56-39-24-33(39)26-41(56)45-51-35-20-18-29(22-37(35)53-45)12-10-9-11-28-17-19-34-36(21-28)52-44(50-34)40-25-32-23-38(32)55(40)46(57)42(49-27-62-61-2)30-13-5-3-6-14-30/h3-10,13-22,27,32-33,38-43H,11-12,23-26H2,1-2H3,(H,50,52)(H,51,53)(H,54,59)/b10-9+,49-27?/t32-,33-,38-,39-,40+,41+,42-,43-/m1/s1. The molecule has 316 valence electrons. The van der Waals surface area contributed by atoms with Crippen LogP contribution in [0.15, 0.2) is 114 Å². The Bertz CT molecular complexity index is 2680. The van der Waals surface area contributed by atoms with E-state index >= 15 is 0 Å². The molecule has 0 spiro atoms. The van der Waals surface area contributed by atoms with Gasteiger partial charge in [0.15, 0.2) is 6.04 Å². The lowest BCUT2D eigenvalue weighted by Crippen LogP contribution is -2.44. The predicted molar refractivity (Wildman–Crippen MR) is 231 cm³/mol. The minimum atomic E-state index is -0.861. The second kappa shape index (κ2) is 16.6. The van der Waals surface area contributed by atoms with Crippen LogP contribution in [-0.4, -0.2) is 80.3 Å². The fourth-order valence-electron chi connectivity index (χ4n) is 9.65. The number of nitrogens with zero attached hydrogens (tertiary/aromatic N) is 5. The molecular weight excluding hydrogens is 785 g/mol. The van der Waals surface area contributed by atoms with E-state index in [4.69, 9.17) is 24.5 Å². The van der Waals surface area contributed by atoms with Gasteiger partial charge in [-0.15, -0.1) is 0 Å². The van der Waals surface area contributed by atoms with Gasteiger partial charge in [0.2, 0.25) is 6.40 Å². The van der Waals surface area contributed by atoms with E-state index in [1.807, 2.05) is 82.6 Å². The second-order valence-corrected chi connectivity index (χ2v) is 16.8. The molecule has 14 heteroatoms. The third-order valence-electron chi connectivity index (χ3n) is 12.9. The minimum absolute atomic E-state index is 0.0760. The van der Waals surface area contributed by atoms with E-state index in [1.54, 1.807) is 0 Å². The summed E-state index contributed by atoms with van der Waals surface area (Å²) >= 11 is 0. The number of aromatic nitrogens is 4. The van der Waals surface area contributed by atoms with Crippen LogP contribution in [0, 0.1) is 11.8 Å². The molecule has 2 aliphatic heterocycles. The maximum atomic E-state index is 14.2. The molecular formula is C48H48N8O6. The summed E-state index contributed by atoms with van der Waals surface area (Å²) in [5.41, 5.74) is 7.38. The van der Waals surface area contributed by atoms with Crippen LogP contribution < -0.4 is 5.32 Å². The molecule has 4 heterocycles. The average molecular weight is 833 g/mol. The minimum Gasteiger partial charge on any atom is -0.453 e. The van der Waals surface area contributed by atoms with E-state index in [2.05, 4.69) is 56.7 Å². The number of amides is 3. The molecule has 4 fully saturated rings. The van der Waals surface area contributed by atoms with Gasteiger partial charge in [0.1, 0.15) is 17.7 Å². The number of ether oxygens (including phenoxy) is 1. The third-order valence-corrected chi connectivity index (χ3v) is 12.9. The van der Waals surface area contributed by atoms with Crippen LogP contribution in [0.1, 0.15) is 83.8 Å². The number of hydrogen-bond donors (Lipinski definition) is 3. The second-order valence-electron chi connectivity index (χ2n) is 16.8. The zero-order valence-electron chi connectivity index (χ0n) is 34.5. The van der Waals surface area contributed by atoms with Crippen LogP contribution in [0.5, 0.6) is 0 Å². The van der Waals surface area contributed by atoms with Crippen molar-refractivity contribution in [3.05, 3.63) is 143 Å². The van der Waals surface area contributed by atoms with Gasteiger partial charge in [-0.05, 0) is 96.9 Å². The van der Waals surface area contributed by atoms with E-state index in [0.717, 1.165) is 88.9 Å². The Balaban J connectivity index is 0.800. The molecule has 8 atom stereocenters. The van der Waals surface area contributed by atoms with E-state index in [0.29, 0.717) is 17.4 Å². The molecule has 14 nitrogen and oxygen atoms in total. The fourth-order valence-corrected chi connectivity index (χ4v) is 9.65. The summed E-state index contributed by atoms with van der Waals surface area (Å²) < 4.78 is 4.88. The summed E-state index contributed by atoms with van der Waals surface area (Å²) in [6.45, 7) is 0. The number of allylic oxidation sites excluding steroid dienone is 2. The van der Waals surface area contributed by atoms with Gasteiger partial charge in [0.25, 0.3) is 11.8 Å². The number of hydrogen-bond acceptors (Lipinski definition) is 9.